The summed E-state index contributed by atoms with van der Waals surface area (Å²) in [7, 11) is 0. The summed E-state index contributed by atoms with van der Waals surface area (Å²) in [6.07, 6.45) is 26.7. The van der Waals surface area contributed by atoms with Crippen molar-refractivity contribution in [2.75, 3.05) is 0 Å². The Morgan fingerprint density at radius 1 is 0.857 bits per heavy atom. The second-order valence-electron chi connectivity index (χ2n) is 10.3. The summed E-state index contributed by atoms with van der Waals surface area (Å²) in [6, 6.07) is 5.32. The smallest absolute Gasteiger partial charge is 0.128 e. The van der Waals surface area contributed by atoms with Crippen LogP contribution in [0.15, 0.2) is 24.8 Å². The van der Waals surface area contributed by atoms with Crippen LogP contribution in [0.4, 0.5) is 4.39 Å². The Morgan fingerprint density at radius 2 is 1.34 bits per heavy atom. The average Bonchev–Trinajstić information content (AvgIpc) is 2.86. The fraction of sp³-hybridized carbons (Fsp3) is 0.719. The number of ether oxygens (including phenoxy) is 1. The SMILES string of the molecule is C=CCc1c(F)cc(CO[C@H](C)CCCCCCCCCCCCCCCCCCC)cc1C#N. The van der Waals surface area contributed by atoms with Gasteiger partial charge in [0.2, 0.25) is 0 Å². The Balaban J connectivity index is 1.96. The third-order valence-electron chi connectivity index (χ3n) is 6.97. The van der Waals surface area contributed by atoms with Gasteiger partial charge in [0, 0.05) is 5.56 Å². The predicted molar refractivity (Wildman–Crippen MR) is 148 cm³/mol. The van der Waals surface area contributed by atoms with Gasteiger partial charge in [0.1, 0.15) is 5.82 Å². The van der Waals surface area contributed by atoms with Crippen LogP contribution in [0.3, 0.4) is 0 Å². The maximum Gasteiger partial charge on any atom is 0.128 e. The Kier molecular flexibility index (Phi) is 19.4. The van der Waals surface area contributed by atoms with Crippen LogP contribution < -0.4 is 0 Å². The third-order valence-corrected chi connectivity index (χ3v) is 6.97. The number of nitrogens with zero attached hydrogens (tertiary/aromatic N) is 1. The van der Waals surface area contributed by atoms with Crippen molar-refractivity contribution in [3.63, 3.8) is 0 Å². The quantitative estimate of drug-likeness (QED) is 0.114. The van der Waals surface area contributed by atoms with Gasteiger partial charge in [0.05, 0.1) is 24.3 Å². The molecule has 0 radical (unpaired) electrons. The van der Waals surface area contributed by atoms with Crippen LogP contribution in [-0.4, -0.2) is 6.10 Å². The number of nitriles is 1. The molecule has 1 rings (SSSR count). The molecule has 0 aliphatic rings. The number of rotatable bonds is 23. The van der Waals surface area contributed by atoms with Crippen molar-refractivity contribution in [3.8, 4) is 6.07 Å². The summed E-state index contributed by atoms with van der Waals surface area (Å²) in [6.45, 7) is 8.35. The molecule has 0 N–H and O–H groups in total. The zero-order valence-electron chi connectivity index (χ0n) is 22.9. The van der Waals surface area contributed by atoms with E-state index >= 15 is 0 Å². The molecule has 0 amide bonds. The molecule has 3 heteroatoms. The molecule has 0 unspecified atom stereocenters. The summed E-state index contributed by atoms with van der Waals surface area (Å²) in [4.78, 5) is 0. The molecule has 1 aromatic carbocycles. The lowest BCUT2D eigenvalue weighted by atomic mass is 10.0. The predicted octanol–water partition coefficient (Wildman–Crippen LogP) is 10.4. The van der Waals surface area contributed by atoms with Gasteiger partial charge in [-0.15, -0.1) is 6.58 Å². The molecule has 0 aliphatic carbocycles. The van der Waals surface area contributed by atoms with Crippen LogP contribution in [-0.2, 0) is 17.8 Å². The molecular formula is C32H52FNO. The highest BCUT2D eigenvalue weighted by molar-refractivity contribution is 5.42. The van der Waals surface area contributed by atoms with E-state index in [1.807, 2.05) is 0 Å². The van der Waals surface area contributed by atoms with E-state index in [2.05, 4.69) is 26.5 Å². The lowest BCUT2D eigenvalue weighted by molar-refractivity contribution is 0.0457. The highest BCUT2D eigenvalue weighted by atomic mass is 19.1. The molecule has 0 saturated carbocycles. The second kappa shape index (κ2) is 21.6. The molecule has 0 saturated heterocycles. The van der Waals surface area contributed by atoms with Gasteiger partial charge in [-0.1, -0.05) is 122 Å². The molecule has 0 heterocycles. The van der Waals surface area contributed by atoms with Gasteiger partial charge < -0.3 is 4.74 Å². The molecule has 35 heavy (non-hydrogen) atoms. The van der Waals surface area contributed by atoms with E-state index in [1.54, 1.807) is 12.1 Å². The second-order valence-corrected chi connectivity index (χ2v) is 10.3. The molecule has 0 bridgehead atoms. The van der Waals surface area contributed by atoms with E-state index in [1.165, 1.54) is 115 Å². The number of hydrogen-bond acceptors (Lipinski definition) is 2. The number of hydrogen-bond donors (Lipinski definition) is 0. The Bertz CT molecular complexity index is 708. The van der Waals surface area contributed by atoms with E-state index in [4.69, 9.17) is 4.74 Å². The van der Waals surface area contributed by atoms with Crippen molar-refractivity contribution in [1.29, 1.82) is 5.26 Å². The van der Waals surface area contributed by atoms with Crippen LogP contribution in [0.5, 0.6) is 0 Å². The van der Waals surface area contributed by atoms with Crippen molar-refractivity contribution >= 4 is 0 Å². The van der Waals surface area contributed by atoms with Crippen molar-refractivity contribution < 1.29 is 9.13 Å². The van der Waals surface area contributed by atoms with E-state index in [0.29, 0.717) is 24.2 Å². The molecule has 1 aromatic rings. The Hall–Kier alpha value is -1.66. The van der Waals surface area contributed by atoms with Gasteiger partial charge in [-0.05, 0) is 37.5 Å². The summed E-state index contributed by atoms with van der Waals surface area (Å²) < 4.78 is 20.2. The molecular weight excluding hydrogens is 433 g/mol. The number of halogens is 1. The van der Waals surface area contributed by atoms with Crippen molar-refractivity contribution in [1.82, 2.24) is 0 Å². The molecule has 0 spiro atoms. The Morgan fingerprint density at radius 3 is 1.80 bits per heavy atom. The Labute approximate surface area is 216 Å². The maximum atomic E-state index is 14.3. The minimum atomic E-state index is -0.344. The van der Waals surface area contributed by atoms with Gasteiger partial charge >= 0.3 is 0 Å². The van der Waals surface area contributed by atoms with Crippen LogP contribution in [0.2, 0.25) is 0 Å². The van der Waals surface area contributed by atoms with Crippen LogP contribution in [0.25, 0.3) is 0 Å². The molecule has 0 aromatic heterocycles. The molecule has 0 aliphatic heterocycles. The van der Waals surface area contributed by atoms with Crippen LogP contribution in [0.1, 0.15) is 146 Å². The lowest BCUT2D eigenvalue weighted by Crippen LogP contribution is -2.09. The minimum absolute atomic E-state index is 0.146. The van der Waals surface area contributed by atoms with E-state index in [9.17, 15) is 9.65 Å². The van der Waals surface area contributed by atoms with E-state index < -0.39 is 0 Å². The van der Waals surface area contributed by atoms with E-state index in [-0.39, 0.29) is 11.9 Å². The average molecular weight is 486 g/mol. The highest BCUT2D eigenvalue weighted by Crippen LogP contribution is 2.19. The van der Waals surface area contributed by atoms with Gasteiger partial charge in [-0.25, -0.2) is 4.39 Å². The zero-order chi connectivity index (χ0) is 25.6. The fourth-order valence-electron chi connectivity index (χ4n) is 4.71. The standard InChI is InChI=1S/C32H52FNO/c1-4-6-7-8-9-10-11-12-13-14-15-16-17-18-19-20-21-23-28(3)35-27-29-24-30(26-34)31(22-5-2)32(33)25-29/h5,24-25,28H,2,4,6-23,27H2,1,3H3/t28-/m1/s1. The minimum Gasteiger partial charge on any atom is -0.374 e. The summed E-state index contributed by atoms with van der Waals surface area (Å²) in [5.41, 5.74) is 1.52. The molecule has 1 atom stereocenters. The van der Waals surface area contributed by atoms with Crippen molar-refractivity contribution in [3.05, 3.63) is 47.3 Å². The van der Waals surface area contributed by atoms with Gasteiger partial charge in [-0.3, -0.25) is 0 Å². The molecule has 198 valence electrons. The van der Waals surface area contributed by atoms with Gasteiger partial charge in [0.25, 0.3) is 0 Å². The first-order chi connectivity index (χ1) is 17.1. The molecule has 0 fully saturated rings. The van der Waals surface area contributed by atoms with Crippen molar-refractivity contribution in [2.24, 2.45) is 0 Å². The van der Waals surface area contributed by atoms with E-state index in [0.717, 1.165) is 12.0 Å². The molecule has 2 nitrogen and oxygen atoms in total. The van der Waals surface area contributed by atoms with Crippen LogP contribution >= 0.6 is 0 Å². The number of unbranched alkanes of at least 4 members (excludes halogenated alkanes) is 16. The summed E-state index contributed by atoms with van der Waals surface area (Å²) in [5, 5.41) is 9.29. The van der Waals surface area contributed by atoms with Crippen molar-refractivity contribution in [2.45, 2.75) is 149 Å². The fourth-order valence-corrected chi connectivity index (χ4v) is 4.71. The first-order valence-electron chi connectivity index (χ1n) is 14.6. The highest BCUT2D eigenvalue weighted by Gasteiger charge is 2.11. The van der Waals surface area contributed by atoms with Gasteiger partial charge in [0.15, 0.2) is 0 Å². The largest absolute Gasteiger partial charge is 0.374 e. The topological polar surface area (TPSA) is 33.0 Å². The normalized spacial score (nSPS) is 11.9. The van der Waals surface area contributed by atoms with Crippen LogP contribution in [0, 0.1) is 17.1 Å². The van der Waals surface area contributed by atoms with Gasteiger partial charge in [-0.2, -0.15) is 5.26 Å². The lowest BCUT2D eigenvalue weighted by Gasteiger charge is -2.14. The first kappa shape index (κ1) is 31.4. The monoisotopic (exact) mass is 485 g/mol. The third kappa shape index (κ3) is 15.8. The summed E-state index contributed by atoms with van der Waals surface area (Å²) in [5.74, 6) is -0.344. The summed E-state index contributed by atoms with van der Waals surface area (Å²) >= 11 is 0. The number of allylic oxidation sites excluding steroid dienone is 1. The maximum absolute atomic E-state index is 14.3. The zero-order valence-corrected chi connectivity index (χ0v) is 22.9. The number of benzene rings is 1. The first-order valence-corrected chi connectivity index (χ1v) is 14.6.